The largest absolute Gasteiger partial charge is 0.492 e. The fourth-order valence-electron chi connectivity index (χ4n) is 3.41. The van der Waals surface area contributed by atoms with E-state index in [1.54, 1.807) is 0 Å². The van der Waals surface area contributed by atoms with Gasteiger partial charge in [-0.2, -0.15) is 0 Å². The Morgan fingerprint density at radius 1 is 1.10 bits per heavy atom. The summed E-state index contributed by atoms with van der Waals surface area (Å²) in [7, 11) is 0. The maximum atomic E-state index is 6.01. The van der Waals surface area contributed by atoms with Gasteiger partial charge in [-0.1, -0.05) is 31.2 Å². The second kappa shape index (κ2) is 12.7. The number of guanidine groups is 1. The minimum absolute atomic E-state index is 0. The van der Waals surface area contributed by atoms with E-state index in [0.717, 1.165) is 37.4 Å². The molecule has 0 saturated carbocycles. The lowest BCUT2D eigenvalue weighted by molar-refractivity contribution is 0.238. The molecule has 0 atom stereocenters. The van der Waals surface area contributed by atoms with E-state index < -0.39 is 0 Å². The second-order valence-electron chi connectivity index (χ2n) is 7.24. The monoisotopic (exact) mass is 508 g/mol. The van der Waals surface area contributed by atoms with Gasteiger partial charge in [0.05, 0.1) is 0 Å². The molecule has 5 nitrogen and oxygen atoms in total. The van der Waals surface area contributed by atoms with Crippen molar-refractivity contribution >= 4 is 35.6 Å². The number of benzene rings is 2. The molecule has 0 amide bonds. The van der Waals surface area contributed by atoms with Crippen molar-refractivity contribution in [3.05, 3.63) is 59.7 Å². The van der Waals surface area contributed by atoms with E-state index in [1.807, 2.05) is 24.3 Å². The Morgan fingerprint density at radius 2 is 1.86 bits per heavy atom. The highest BCUT2D eigenvalue weighted by Crippen LogP contribution is 2.14. The molecule has 0 bridgehead atoms. The number of hydrogen-bond acceptors (Lipinski definition) is 3. The number of anilines is 1. The van der Waals surface area contributed by atoms with Gasteiger partial charge in [-0.05, 0) is 74.2 Å². The molecule has 0 spiro atoms. The molecule has 0 aliphatic carbocycles. The molecule has 2 aromatic carbocycles. The number of nitrogens with two attached hydrogens (primary N) is 1. The molecule has 1 saturated heterocycles. The molecule has 29 heavy (non-hydrogen) atoms. The molecule has 1 fully saturated rings. The summed E-state index contributed by atoms with van der Waals surface area (Å²) in [6.07, 6.45) is 4.50. The molecule has 0 unspecified atom stereocenters. The van der Waals surface area contributed by atoms with Crippen LogP contribution in [-0.4, -0.2) is 43.6 Å². The number of likely N-dealkylation sites (tertiary alicyclic amines) is 1. The molecule has 3 rings (SSSR count). The molecule has 1 heterocycles. The maximum Gasteiger partial charge on any atom is 0.193 e. The van der Waals surface area contributed by atoms with E-state index in [2.05, 4.69) is 46.4 Å². The molecule has 0 aromatic heterocycles. The number of ether oxygens (including phenoxy) is 1. The number of rotatable bonds is 9. The van der Waals surface area contributed by atoms with Crippen LogP contribution < -0.4 is 15.8 Å². The summed E-state index contributed by atoms with van der Waals surface area (Å²) in [5.74, 6) is 1.39. The van der Waals surface area contributed by atoms with Gasteiger partial charge < -0.3 is 15.8 Å². The Labute approximate surface area is 191 Å². The molecule has 1 aliphatic rings. The van der Waals surface area contributed by atoms with Crippen LogP contribution in [-0.2, 0) is 12.8 Å². The van der Waals surface area contributed by atoms with Crippen LogP contribution in [0.2, 0.25) is 0 Å². The Morgan fingerprint density at radius 3 is 2.59 bits per heavy atom. The summed E-state index contributed by atoms with van der Waals surface area (Å²) < 4.78 is 5.85. The minimum atomic E-state index is 0. The van der Waals surface area contributed by atoms with Crippen LogP contribution in [0.1, 0.15) is 30.9 Å². The summed E-state index contributed by atoms with van der Waals surface area (Å²) in [6.45, 7) is 6.99. The fourth-order valence-corrected chi connectivity index (χ4v) is 3.41. The summed E-state index contributed by atoms with van der Waals surface area (Å²) in [6, 6.07) is 16.5. The zero-order valence-electron chi connectivity index (χ0n) is 17.3. The van der Waals surface area contributed by atoms with E-state index in [1.165, 1.54) is 37.1 Å². The van der Waals surface area contributed by atoms with E-state index in [0.29, 0.717) is 12.5 Å². The quantitative estimate of drug-likeness (QED) is 0.301. The zero-order valence-corrected chi connectivity index (χ0v) is 19.6. The highest BCUT2D eigenvalue weighted by molar-refractivity contribution is 14.0. The third-order valence-electron chi connectivity index (χ3n) is 5.09. The van der Waals surface area contributed by atoms with Gasteiger partial charge in [0.25, 0.3) is 0 Å². The third kappa shape index (κ3) is 8.22. The molecule has 3 N–H and O–H groups in total. The SMILES string of the molecule is CCc1cccc(NC(N)=NCCc2ccc(OCCN3CCCC3)cc2)c1.I. The van der Waals surface area contributed by atoms with Gasteiger partial charge in [0, 0.05) is 18.8 Å². The highest BCUT2D eigenvalue weighted by atomic mass is 127. The number of hydrogen-bond donors (Lipinski definition) is 2. The molecule has 2 aromatic rings. The molecular weight excluding hydrogens is 475 g/mol. The summed E-state index contributed by atoms with van der Waals surface area (Å²) >= 11 is 0. The van der Waals surface area contributed by atoms with Crippen molar-refractivity contribution in [2.75, 3.05) is 38.1 Å². The van der Waals surface area contributed by atoms with Crippen molar-refractivity contribution in [2.45, 2.75) is 32.6 Å². The molecule has 0 radical (unpaired) electrons. The highest BCUT2D eigenvalue weighted by Gasteiger charge is 2.10. The van der Waals surface area contributed by atoms with Crippen molar-refractivity contribution < 1.29 is 4.74 Å². The first-order valence-electron chi connectivity index (χ1n) is 10.3. The van der Waals surface area contributed by atoms with Crippen LogP contribution >= 0.6 is 24.0 Å². The lowest BCUT2D eigenvalue weighted by Crippen LogP contribution is -2.25. The first kappa shape index (κ1) is 23.5. The van der Waals surface area contributed by atoms with Crippen molar-refractivity contribution in [3.63, 3.8) is 0 Å². The average Bonchev–Trinajstić information content (AvgIpc) is 3.23. The van der Waals surface area contributed by atoms with Crippen LogP contribution in [0.25, 0.3) is 0 Å². The summed E-state index contributed by atoms with van der Waals surface area (Å²) in [4.78, 5) is 6.89. The van der Waals surface area contributed by atoms with Gasteiger partial charge in [-0.3, -0.25) is 9.89 Å². The fraction of sp³-hybridized carbons (Fsp3) is 0.435. The molecule has 158 valence electrons. The predicted molar refractivity (Wildman–Crippen MR) is 133 cm³/mol. The van der Waals surface area contributed by atoms with Crippen LogP contribution in [0.4, 0.5) is 5.69 Å². The minimum Gasteiger partial charge on any atom is -0.492 e. The van der Waals surface area contributed by atoms with Gasteiger partial charge in [0.15, 0.2) is 5.96 Å². The summed E-state index contributed by atoms with van der Waals surface area (Å²) in [5, 5.41) is 3.16. The van der Waals surface area contributed by atoms with Gasteiger partial charge in [0.2, 0.25) is 0 Å². The lowest BCUT2D eigenvalue weighted by Gasteiger charge is -2.15. The standard InChI is InChI=1S/C23H32N4O.HI/c1-2-19-6-5-7-21(18-19)26-23(24)25-13-12-20-8-10-22(11-9-20)28-17-16-27-14-3-4-15-27;/h5-11,18H,2-4,12-17H2,1H3,(H3,24,25,26);1H. The van der Waals surface area contributed by atoms with Gasteiger partial charge in [-0.15, -0.1) is 24.0 Å². The Kier molecular flexibility index (Phi) is 10.3. The Balaban J connectivity index is 0.00000300. The maximum absolute atomic E-state index is 6.01. The van der Waals surface area contributed by atoms with E-state index >= 15 is 0 Å². The smallest absolute Gasteiger partial charge is 0.193 e. The molecule has 1 aliphatic heterocycles. The number of nitrogens with zero attached hydrogens (tertiary/aromatic N) is 2. The topological polar surface area (TPSA) is 62.9 Å². The molecular formula is C23H33IN4O. The number of nitrogens with one attached hydrogen (secondary N) is 1. The van der Waals surface area contributed by atoms with Crippen LogP contribution in [0, 0.1) is 0 Å². The lowest BCUT2D eigenvalue weighted by atomic mass is 10.1. The Hall–Kier alpha value is -1.80. The predicted octanol–water partition coefficient (Wildman–Crippen LogP) is 4.31. The van der Waals surface area contributed by atoms with Crippen molar-refractivity contribution in [2.24, 2.45) is 10.7 Å². The number of halogens is 1. The normalized spacial score (nSPS) is 14.4. The number of aryl methyl sites for hydroxylation is 1. The average molecular weight is 508 g/mol. The van der Waals surface area contributed by atoms with Gasteiger partial charge in [0.1, 0.15) is 12.4 Å². The van der Waals surface area contributed by atoms with E-state index in [4.69, 9.17) is 10.5 Å². The van der Waals surface area contributed by atoms with Gasteiger partial charge in [-0.25, -0.2) is 0 Å². The van der Waals surface area contributed by atoms with Crippen LogP contribution in [0.3, 0.4) is 0 Å². The van der Waals surface area contributed by atoms with Gasteiger partial charge >= 0.3 is 0 Å². The van der Waals surface area contributed by atoms with Crippen molar-refractivity contribution in [1.29, 1.82) is 0 Å². The van der Waals surface area contributed by atoms with Crippen LogP contribution in [0.5, 0.6) is 5.75 Å². The Bertz CT molecular complexity index is 758. The first-order chi connectivity index (χ1) is 13.7. The zero-order chi connectivity index (χ0) is 19.6. The van der Waals surface area contributed by atoms with Crippen molar-refractivity contribution in [1.82, 2.24) is 4.90 Å². The third-order valence-corrected chi connectivity index (χ3v) is 5.09. The number of aliphatic imine (C=N–C) groups is 1. The second-order valence-corrected chi connectivity index (χ2v) is 7.24. The van der Waals surface area contributed by atoms with E-state index in [9.17, 15) is 0 Å². The van der Waals surface area contributed by atoms with Crippen molar-refractivity contribution in [3.8, 4) is 5.75 Å². The molecule has 6 heteroatoms. The van der Waals surface area contributed by atoms with Crippen LogP contribution in [0.15, 0.2) is 53.5 Å². The van der Waals surface area contributed by atoms with E-state index in [-0.39, 0.29) is 24.0 Å². The summed E-state index contributed by atoms with van der Waals surface area (Å²) in [5.41, 5.74) is 9.50. The first-order valence-corrected chi connectivity index (χ1v) is 10.3.